The van der Waals surface area contributed by atoms with Crippen molar-refractivity contribution < 1.29 is 13.2 Å². The molecular weight excluding hydrogens is 313 g/mol. The number of halogens is 3. The van der Waals surface area contributed by atoms with Crippen LogP contribution in [0.5, 0.6) is 0 Å². The summed E-state index contributed by atoms with van der Waals surface area (Å²) >= 11 is 0. The molecule has 0 radical (unpaired) electrons. The number of fused-ring (bicyclic) bond motifs is 3. The fourth-order valence-electron chi connectivity index (χ4n) is 3.72. The van der Waals surface area contributed by atoms with Gasteiger partial charge >= 0.3 is 6.18 Å². The fourth-order valence-corrected chi connectivity index (χ4v) is 3.72. The molecule has 0 spiro atoms. The minimum atomic E-state index is -4.30. The molecule has 0 amide bonds. The zero-order chi connectivity index (χ0) is 16.7. The summed E-state index contributed by atoms with van der Waals surface area (Å²) in [4.78, 5) is 0. The van der Waals surface area contributed by atoms with Gasteiger partial charge in [0.25, 0.3) is 0 Å². The highest BCUT2D eigenvalue weighted by molar-refractivity contribution is 6.05. The lowest BCUT2D eigenvalue weighted by atomic mass is 9.85. The van der Waals surface area contributed by atoms with E-state index in [1.165, 1.54) is 11.1 Å². The van der Waals surface area contributed by atoms with Gasteiger partial charge in [-0.25, -0.2) is 0 Å². The van der Waals surface area contributed by atoms with E-state index in [0.29, 0.717) is 0 Å². The van der Waals surface area contributed by atoms with Crippen molar-refractivity contribution in [3.8, 4) is 0 Å². The lowest BCUT2D eigenvalue weighted by Crippen LogP contribution is -2.21. The molecule has 1 N–H and O–H groups in total. The Hall–Kier alpha value is -2.30. The van der Waals surface area contributed by atoms with E-state index in [9.17, 15) is 13.2 Å². The molecular formula is C19H17F3N2. The third kappa shape index (κ3) is 2.58. The molecule has 4 rings (SSSR count). The Kier molecular flexibility index (Phi) is 3.59. The first-order valence-corrected chi connectivity index (χ1v) is 8.12. The number of rotatable bonds is 1. The van der Waals surface area contributed by atoms with Crippen LogP contribution in [0, 0.1) is 5.92 Å². The third-order valence-corrected chi connectivity index (χ3v) is 4.93. The standard InChI is InChI=1S/C19H17F3N2/c20-19(21,22)14-10-8-13(9-11-14)17-16-7-3-5-12-4-1-2-6-15(12)18(16)24-23-17/h1-2,4,6,8-11,16-17,23H,3,5,7H2. The molecule has 5 heteroatoms. The van der Waals surface area contributed by atoms with E-state index in [4.69, 9.17) is 0 Å². The predicted octanol–water partition coefficient (Wildman–Crippen LogP) is 4.71. The normalized spacial score (nSPS) is 22.9. The highest BCUT2D eigenvalue weighted by atomic mass is 19.4. The van der Waals surface area contributed by atoms with Gasteiger partial charge in [-0.15, -0.1) is 0 Å². The average Bonchev–Trinajstić information content (AvgIpc) is 2.90. The molecule has 2 atom stereocenters. The highest BCUT2D eigenvalue weighted by Gasteiger charge is 2.36. The van der Waals surface area contributed by atoms with Crippen LogP contribution in [-0.4, -0.2) is 5.71 Å². The molecule has 2 aromatic carbocycles. The number of hydrazone groups is 1. The SMILES string of the molecule is FC(F)(F)c1ccc(C2NN=C3c4ccccc4CCCC32)cc1. The first-order chi connectivity index (χ1) is 11.5. The molecule has 0 fully saturated rings. The molecule has 2 nitrogen and oxygen atoms in total. The molecule has 0 saturated heterocycles. The molecule has 0 aromatic heterocycles. The van der Waals surface area contributed by atoms with E-state index in [0.717, 1.165) is 42.7 Å². The Morgan fingerprint density at radius 2 is 1.75 bits per heavy atom. The van der Waals surface area contributed by atoms with Gasteiger partial charge in [-0.1, -0.05) is 36.4 Å². The summed E-state index contributed by atoms with van der Waals surface area (Å²) in [5.74, 6) is 0.199. The minimum Gasteiger partial charge on any atom is -0.302 e. The Balaban J connectivity index is 1.64. The first-order valence-electron chi connectivity index (χ1n) is 8.12. The summed E-state index contributed by atoms with van der Waals surface area (Å²) in [6, 6.07) is 13.6. The summed E-state index contributed by atoms with van der Waals surface area (Å²) in [6.45, 7) is 0. The van der Waals surface area contributed by atoms with Crippen molar-refractivity contribution >= 4 is 5.71 Å². The van der Waals surface area contributed by atoms with Crippen molar-refractivity contribution in [3.63, 3.8) is 0 Å². The van der Waals surface area contributed by atoms with Gasteiger partial charge in [0, 0.05) is 11.5 Å². The van der Waals surface area contributed by atoms with Gasteiger partial charge in [0.15, 0.2) is 0 Å². The highest BCUT2D eigenvalue weighted by Crippen LogP contribution is 2.38. The lowest BCUT2D eigenvalue weighted by Gasteiger charge is -2.20. The van der Waals surface area contributed by atoms with Crippen LogP contribution in [0.4, 0.5) is 13.2 Å². The maximum atomic E-state index is 12.7. The van der Waals surface area contributed by atoms with Crippen LogP contribution in [0.3, 0.4) is 0 Å². The van der Waals surface area contributed by atoms with Gasteiger partial charge in [-0.05, 0) is 42.5 Å². The van der Waals surface area contributed by atoms with Gasteiger partial charge in [0.05, 0.1) is 17.3 Å². The van der Waals surface area contributed by atoms with Crippen molar-refractivity contribution in [1.82, 2.24) is 5.43 Å². The zero-order valence-corrected chi connectivity index (χ0v) is 13.0. The number of alkyl halides is 3. The van der Waals surface area contributed by atoms with E-state index in [1.54, 1.807) is 12.1 Å². The van der Waals surface area contributed by atoms with Crippen LogP contribution >= 0.6 is 0 Å². The van der Waals surface area contributed by atoms with Crippen molar-refractivity contribution in [2.75, 3.05) is 0 Å². The topological polar surface area (TPSA) is 24.4 Å². The van der Waals surface area contributed by atoms with Gasteiger partial charge in [-0.3, -0.25) is 0 Å². The number of hydrogen-bond acceptors (Lipinski definition) is 2. The molecule has 0 bridgehead atoms. The largest absolute Gasteiger partial charge is 0.416 e. The lowest BCUT2D eigenvalue weighted by molar-refractivity contribution is -0.137. The summed E-state index contributed by atoms with van der Waals surface area (Å²) in [7, 11) is 0. The Labute approximate surface area is 138 Å². The minimum absolute atomic E-state index is 0.0616. The second-order valence-corrected chi connectivity index (χ2v) is 6.38. The fraction of sp³-hybridized carbons (Fsp3) is 0.316. The molecule has 0 saturated carbocycles. The van der Waals surface area contributed by atoms with Crippen LogP contribution in [0.25, 0.3) is 0 Å². The molecule has 1 heterocycles. The Morgan fingerprint density at radius 1 is 1.00 bits per heavy atom. The molecule has 1 aliphatic carbocycles. The van der Waals surface area contributed by atoms with Crippen LogP contribution in [0.15, 0.2) is 53.6 Å². The van der Waals surface area contributed by atoms with Crippen LogP contribution < -0.4 is 5.43 Å². The number of benzene rings is 2. The van der Waals surface area contributed by atoms with E-state index in [-0.39, 0.29) is 12.0 Å². The van der Waals surface area contributed by atoms with Crippen molar-refractivity contribution in [2.24, 2.45) is 11.0 Å². The second kappa shape index (κ2) is 5.65. The Morgan fingerprint density at radius 3 is 2.50 bits per heavy atom. The number of nitrogens with zero attached hydrogens (tertiary/aromatic N) is 1. The zero-order valence-electron chi connectivity index (χ0n) is 13.0. The maximum absolute atomic E-state index is 12.7. The summed E-state index contributed by atoms with van der Waals surface area (Å²) in [5, 5.41) is 4.53. The summed E-state index contributed by atoms with van der Waals surface area (Å²) in [6.07, 6.45) is -1.25. The van der Waals surface area contributed by atoms with Crippen LogP contribution in [0.1, 0.15) is 41.1 Å². The third-order valence-electron chi connectivity index (χ3n) is 4.93. The molecule has 1 aliphatic heterocycles. The van der Waals surface area contributed by atoms with E-state index in [1.807, 2.05) is 12.1 Å². The van der Waals surface area contributed by atoms with Gasteiger partial charge in [0.1, 0.15) is 0 Å². The van der Waals surface area contributed by atoms with E-state index >= 15 is 0 Å². The van der Waals surface area contributed by atoms with E-state index in [2.05, 4.69) is 22.7 Å². The van der Waals surface area contributed by atoms with Crippen LogP contribution in [0.2, 0.25) is 0 Å². The van der Waals surface area contributed by atoms with Crippen LogP contribution in [-0.2, 0) is 12.6 Å². The number of hydrogen-bond donors (Lipinski definition) is 1. The quantitative estimate of drug-likeness (QED) is 0.805. The van der Waals surface area contributed by atoms with Crippen molar-refractivity contribution in [1.29, 1.82) is 0 Å². The predicted molar refractivity (Wildman–Crippen MR) is 86.7 cm³/mol. The van der Waals surface area contributed by atoms with Gasteiger partial charge < -0.3 is 5.43 Å². The molecule has 24 heavy (non-hydrogen) atoms. The Bertz CT molecular complexity index is 778. The monoisotopic (exact) mass is 330 g/mol. The maximum Gasteiger partial charge on any atom is 0.416 e. The smallest absolute Gasteiger partial charge is 0.302 e. The average molecular weight is 330 g/mol. The van der Waals surface area contributed by atoms with Crippen molar-refractivity contribution in [3.05, 3.63) is 70.8 Å². The van der Waals surface area contributed by atoms with Crippen molar-refractivity contribution in [2.45, 2.75) is 31.5 Å². The number of aryl methyl sites for hydroxylation is 1. The van der Waals surface area contributed by atoms with Gasteiger partial charge in [-0.2, -0.15) is 18.3 Å². The number of nitrogens with one attached hydrogen (secondary N) is 1. The van der Waals surface area contributed by atoms with E-state index < -0.39 is 11.7 Å². The first kappa shape index (κ1) is 15.2. The second-order valence-electron chi connectivity index (χ2n) is 6.38. The summed E-state index contributed by atoms with van der Waals surface area (Å²) in [5.41, 5.74) is 6.89. The molecule has 2 aliphatic rings. The van der Waals surface area contributed by atoms with Gasteiger partial charge in [0.2, 0.25) is 0 Å². The molecule has 124 valence electrons. The summed E-state index contributed by atoms with van der Waals surface area (Å²) < 4.78 is 38.2. The molecule has 2 unspecified atom stereocenters. The molecule has 2 aromatic rings.